The Balaban J connectivity index is 3.41. The zero-order valence-corrected chi connectivity index (χ0v) is 11.5. The molecule has 0 atom stereocenters. The van der Waals surface area contributed by atoms with E-state index in [1.165, 1.54) is 0 Å². The largest absolute Gasteiger partial charge is 0.462 e. The van der Waals surface area contributed by atoms with Crippen LogP contribution in [0.25, 0.3) is 0 Å². The van der Waals surface area contributed by atoms with Crippen molar-refractivity contribution >= 4 is 21.9 Å². The first-order valence-corrected chi connectivity index (χ1v) is 6.59. The van der Waals surface area contributed by atoms with E-state index in [2.05, 4.69) is 15.9 Å². The van der Waals surface area contributed by atoms with Gasteiger partial charge < -0.3 is 4.74 Å². The third-order valence-corrected chi connectivity index (χ3v) is 3.11. The Kier molecular flexibility index (Phi) is 5.17. The molecule has 0 unspecified atom stereocenters. The molecule has 0 fully saturated rings. The van der Waals surface area contributed by atoms with Crippen molar-refractivity contribution in [3.05, 3.63) is 34.4 Å². The molecule has 0 amide bonds. The van der Waals surface area contributed by atoms with E-state index >= 15 is 0 Å². The summed E-state index contributed by atoms with van der Waals surface area (Å²) in [5.41, 5.74) is 2.70. The molecule has 0 heterocycles. The number of hydrogen-bond acceptors (Lipinski definition) is 3. The number of carbonyl (C=O) groups excluding carboxylic acids is 1. The molecular weight excluding hydrogens is 282 g/mol. The highest BCUT2D eigenvalue weighted by atomic mass is 79.9. The summed E-state index contributed by atoms with van der Waals surface area (Å²) in [4.78, 5) is 11.9. The Morgan fingerprint density at radius 1 is 1.47 bits per heavy atom. The van der Waals surface area contributed by atoms with Gasteiger partial charge in [-0.15, -0.1) is 0 Å². The van der Waals surface area contributed by atoms with Gasteiger partial charge in [0, 0.05) is 5.33 Å². The molecule has 0 N–H and O–H groups in total. The Bertz CT molecular complexity index is 463. The van der Waals surface area contributed by atoms with Gasteiger partial charge in [-0.25, -0.2) is 4.79 Å². The minimum atomic E-state index is -0.413. The molecule has 90 valence electrons. The van der Waals surface area contributed by atoms with Gasteiger partial charge >= 0.3 is 5.97 Å². The van der Waals surface area contributed by atoms with Crippen LogP contribution >= 0.6 is 15.9 Å². The van der Waals surface area contributed by atoms with Crippen LogP contribution in [-0.4, -0.2) is 12.6 Å². The highest BCUT2D eigenvalue weighted by molar-refractivity contribution is 9.08. The predicted molar refractivity (Wildman–Crippen MR) is 69.1 cm³/mol. The van der Waals surface area contributed by atoms with Crippen molar-refractivity contribution in [1.82, 2.24) is 0 Å². The van der Waals surface area contributed by atoms with Crippen molar-refractivity contribution in [2.24, 2.45) is 0 Å². The first-order valence-electron chi connectivity index (χ1n) is 5.47. The van der Waals surface area contributed by atoms with Crippen molar-refractivity contribution in [2.45, 2.75) is 25.6 Å². The molecule has 1 rings (SSSR count). The van der Waals surface area contributed by atoms with Gasteiger partial charge in [0.15, 0.2) is 0 Å². The Labute approximate surface area is 110 Å². The van der Waals surface area contributed by atoms with Crippen LogP contribution in [0.3, 0.4) is 0 Å². The van der Waals surface area contributed by atoms with E-state index in [9.17, 15) is 4.79 Å². The molecule has 0 bridgehead atoms. The highest BCUT2D eigenvalue weighted by Crippen LogP contribution is 2.23. The summed E-state index contributed by atoms with van der Waals surface area (Å²) in [6.45, 7) is 4.03. The monoisotopic (exact) mass is 295 g/mol. The average molecular weight is 296 g/mol. The average Bonchev–Trinajstić information content (AvgIpc) is 2.36. The Morgan fingerprint density at radius 3 is 2.65 bits per heavy atom. The normalized spacial score (nSPS) is 9.76. The van der Waals surface area contributed by atoms with E-state index in [4.69, 9.17) is 10.00 Å². The smallest absolute Gasteiger partial charge is 0.339 e. The lowest BCUT2D eigenvalue weighted by atomic mass is 9.95. The molecule has 0 aromatic heterocycles. The van der Waals surface area contributed by atoms with Gasteiger partial charge in [-0.05, 0) is 30.5 Å². The SMILES string of the molecule is CCOC(=O)c1c(C#N)ccc(CBr)c1CC. The fourth-order valence-electron chi connectivity index (χ4n) is 1.75. The van der Waals surface area contributed by atoms with Gasteiger partial charge in [-0.2, -0.15) is 5.26 Å². The second-order valence-corrected chi connectivity index (χ2v) is 4.01. The van der Waals surface area contributed by atoms with Crippen LogP contribution in [0.2, 0.25) is 0 Å². The summed E-state index contributed by atoms with van der Waals surface area (Å²) in [5, 5.41) is 9.71. The number of alkyl halides is 1. The van der Waals surface area contributed by atoms with Gasteiger partial charge in [-0.1, -0.05) is 28.9 Å². The molecule has 0 aliphatic heterocycles. The van der Waals surface area contributed by atoms with Crippen molar-refractivity contribution < 1.29 is 9.53 Å². The van der Waals surface area contributed by atoms with E-state index in [-0.39, 0.29) is 0 Å². The molecule has 0 radical (unpaired) electrons. The Hall–Kier alpha value is -1.34. The van der Waals surface area contributed by atoms with Gasteiger partial charge in [0.25, 0.3) is 0 Å². The minimum Gasteiger partial charge on any atom is -0.462 e. The topological polar surface area (TPSA) is 50.1 Å². The molecule has 4 heteroatoms. The molecule has 0 aliphatic carbocycles. The van der Waals surface area contributed by atoms with Crippen molar-refractivity contribution in [3.63, 3.8) is 0 Å². The quantitative estimate of drug-likeness (QED) is 0.633. The third-order valence-electron chi connectivity index (χ3n) is 2.51. The number of benzene rings is 1. The van der Waals surface area contributed by atoms with E-state index < -0.39 is 5.97 Å². The number of hydrogen-bond donors (Lipinski definition) is 0. The Morgan fingerprint density at radius 2 is 2.18 bits per heavy atom. The summed E-state index contributed by atoms with van der Waals surface area (Å²) in [6.07, 6.45) is 0.699. The maximum atomic E-state index is 11.9. The van der Waals surface area contributed by atoms with Crippen LogP contribution < -0.4 is 0 Å². The number of carbonyl (C=O) groups is 1. The van der Waals surface area contributed by atoms with Gasteiger partial charge in [0.2, 0.25) is 0 Å². The van der Waals surface area contributed by atoms with E-state index in [1.54, 1.807) is 13.0 Å². The van der Waals surface area contributed by atoms with Crippen molar-refractivity contribution in [2.75, 3.05) is 6.61 Å². The lowest BCUT2D eigenvalue weighted by Gasteiger charge is -2.12. The van der Waals surface area contributed by atoms with Gasteiger partial charge in [-0.3, -0.25) is 0 Å². The second kappa shape index (κ2) is 6.41. The van der Waals surface area contributed by atoms with Gasteiger partial charge in [0.05, 0.1) is 17.7 Å². The number of nitriles is 1. The molecule has 0 saturated carbocycles. The van der Waals surface area contributed by atoms with Crippen molar-refractivity contribution in [1.29, 1.82) is 5.26 Å². The highest BCUT2D eigenvalue weighted by Gasteiger charge is 2.19. The lowest BCUT2D eigenvalue weighted by Crippen LogP contribution is -2.12. The fourth-order valence-corrected chi connectivity index (χ4v) is 2.27. The minimum absolute atomic E-state index is 0.311. The zero-order chi connectivity index (χ0) is 12.8. The molecule has 0 spiro atoms. The molecule has 0 saturated heterocycles. The number of esters is 1. The number of ether oxygens (including phenoxy) is 1. The van der Waals surface area contributed by atoms with Crippen LogP contribution in [0.1, 0.15) is 40.9 Å². The molecule has 1 aromatic carbocycles. The van der Waals surface area contributed by atoms with E-state index in [1.807, 2.05) is 19.1 Å². The number of halogens is 1. The zero-order valence-electron chi connectivity index (χ0n) is 9.92. The molecule has 0 aliphatic rings. The maximum absolute atomic E-state index is 11.9. The van der Waals surface area contributed by atoms with Crippen LogP contribution in [0.5, 0.6) is 0 Å². The molecule has 1 aromatic rings. The summed E-state index contributed by atoms with van der Waals surface area (Å²) in [6, 6.07) is 5.58. The molecule has 17 heavy (non-hydrogen) atoms. The summed E-state index contributed by atoms with van der Waals surface area (Å²) >= 11 is 3.38. The van der Waals surface area contributed by atoms with Gasteiger partial charge in [0.1, 0.15) is 6.07 Å². The van der Waals surface area contributed by atoms with Crippen molar-refractivity contribution in [3.8, 4) is 6.07 Å². The number of rotatable bonds is 4. The molecular formula is C13H14BrNO2. The summed E-state index contributed by atoms with van der Waals surface area (Å²) in [5.74, 6) is -0.413. The first kappa shape index (κ1) is 13.7. The first-order chi connectivity index (χ1) is 8.19. The standard InChI is InChI=1S/C13H14BrNO2/c1-3-11-9(7-14)5-6-10(8-15)12(11)13(16)17-4-2/h5-6H,3-4,7H2,1-2H3. The van der Waals surface area contributed by atoms with Crippen LogP contribution in [0.4, 0.5) is 0 Å². The van der Waals surface area contributed by atoms with Crippen LogP contribution in [0.15, 0.2) is 12.1 Å². The third kappa shape index (κ3) is 2.86. The van der Waals surface area contributed by atoms with E-state index in [0.717, 1.165) is 11.1 Å². The number of nitrogens with zero attached hydrogens (tertiary/aromatic N) is 1. The fraction of sp³-hybridized carbons (Fsp3) is 0.385. The predicted octanol–water partition coefficient (Wildman–Crippen LogP) is 3.19. The summed E-state index contributed by atoms with van der Waals surface area (Å²) in [7, 11) is 0. The summed E-state index contributed by atoms with van der Waals surface area (Å²) < 4.78 is 5.01. The molecule has 3 nitrogen and oxygen atoms in total. The van der Waals surface area contributed by atoms with E-state index in [0.29, 0.717) is 29.5 Å². The van der Waals surface area contributed by atoms with Crippen LogP contribution in [0, 0.1) is 11.3 Å². The maximum Gasteiger partial charge on any atom is 0.339 e. The second-order valence-electron chi connectivity index (χ2n) is 3.45. The van der Waals surface area contributed by atoms with Crippen LogP contribution in [-0.2, 0) is 16.5 Å². The lowest BCUT2D eigenvalue weighted by molar-refractivity contribution is 0.0524.